The van der Waals surface area contributed by atoms with E-state index in [0.29, 0.717) is 36.5 Å². The first kappa shape index (κ1) is 27.4. The zero-order valence-corrected chi connectivity index (χ0v) is 20.7. The average molecular weight is 552 g/mol. The maximum atomic E-state index is 12.9. The summed E-state index contributed by atoms with van der Waals surface area (Å²) in [7, 11) is 0. The van der Waals surface area contributed by atoms with Crippen molar-refractivity contribution < 1.29 is 18.3 Å². The van der Waals surface area contributed by atoms with Crippen molar-refractivity contribution in [3.63, 3.8) is 0 Å². The average Bonchev–Trinajstić information content (AvgIpc) is 2.72. The van der Waals surface area contributed by atoms with E-state index < -0.39 is 6.61 Å². The van der Waals surface area contributed by atoms with Crippen LogP contribution in [-0.2, 0) is 6.54 Å². The zero-order valence-electron chi connectivity index (χ0n) is 18.4. The Morgan fingerprint density at radius 2 is 2.06 bits per heavy atom. The van der Waals surface area contributed by atoms with Crippen molar-refractivity contribution in [1.29, 1.82) is 0 Å². The summed E-state index contributed by atoms with van der Waals surface area (Å²) in [6.45, 7) is 9.25. The van der Waals surface area contributed by atoms with E-state index in [9.17, 15) is 8.78 Å². The van der Waals surface area contributed by atoms with E-state index in [1.54, 1.807) is 12.1 Å². The molecule has 1 fully saturated rings. The number of aliphatic imine (C=N–C) groups is 1. The molecule has 6 nitrogen and oxygen atoms in total. The van der Waals surface area contributed by atoms with E-state index in [1.165, 1.54) is 6.07 Å². The molecule has 0 bridgehead atoms. The summed E-state index contributed by atoms with van der Waals surface area (Å²) < 4.78 is 36.0. The first-order valence-electron chi connectivity index (χ1n) is 10.6. The number of likely N-dealkylation sites (tertiary alicyclic amines) is 1. The van der Waals surface area contributed by atoms with E-state index in [2.05, 4.69) is 27.1 Å². The minimum absolute atomic E-state index is 0. The molecule has 1 heterocycles. The Hall–Kier alpha value is -1.62. The molecule has 0 unspecified atom stereocenters. The second-order valence-corrected chi connectivity index (χ2v) is 7.20. The largest absolute Gasteiger partial charge is 0.493 e. The number of halogens is 3. The molecule has 176 valence electrons. The monoisotopic (exact) mass is 552 g/mol. The molecular weight excluding hydrogens is 517 g/mol. The van der Waals surface area contributed by atoms with Gasteiger partial charge in [-0.2, -0.15) is 8.78 Å². The van der Waals surface area contributed by atoms with Crippen molar-refractivity contribution in [3.8, 4) is 11.5 Å². The third kappa shape index (κ3) is 10.0. The molecule has 0 saturated carbocycles. The summed E-state index contributed by atoms with van der Waals surface area (Å²) in [5.74, 6) is 1.28. The molecule has 0 radical (unpaired) electrons. The van der Waals surface area contributed by atoms with Gasteiger partial charge in [-0.05, 0) is 38.3 Å². The number of rotatable bonds is 11. The van der Waals surface area contributed by atoms with E-state index in [0.717, 1.165) is 38.9 Å². The fourth-order valence-corrected chi connectivity index (χ4v) is 3.30. The number of nitrogens with one attached hydrogen (secondary N) is 2. The van der Waals surface area contributed by atoms with Gasteiger partial charge in [0.05, 0.1) is 13.2 Å². The molecule has 1 saturated heterocycles. The van der Waals surface area contributed by atoms with Crippen LogP contribution in [0.4, 0.5) is 8.78 Å². The van der Waals surface area contributed by atoms with Crippen molar-refractivity contribution in [2.24, 2.45) is 4.99 Å². The van der Waals surface area contributed by atoms with Gasteiger partial charge in [0.2, 0.25) is 0 Å². The summed E-state index contributed by atoms with van der Waals surface area (Å²) in [4.78, 5) is 6.96. The molecule has 0 atom stereocenters. The maximum absolute atomic E-state index is 12.9. The molecule has 1 aromatic rings. The summed E-state index contributed by atoms with van der Waals surface area (Å²) in [5, 5.41) is 6.69. The highest BCUT2D eigenvalue weighted by molar-refractivity contribution is 14.0. The zero-order chi connectivity index (χ0) is 21.8. The van der Waals surface area contributed by atoms with Crippen LogP contribution in [0, 0.1) is 0 Å². The highest BCUT2D eigenvalue weighted by Gasteiger charge is 2.19. The first-order chi connectivity index (χ1) is 14.5. The van der Waals surface area contributed by atoms with Crippen LogP contribution in [0.2, 0.25) is 0 Å². The lowest BCUT2D eigenvalue weighted by molar-refractivity contribution is -0.0505. The van der Waals surface area contributed by atoms with Crippen LogP contribution in [0.5, 0.6) is 11.5 Å². The lowest BCUT2D eigenvalue weighted by atomic mass is 10.1. The van der Waals surface area contributed by atoms with Crippen LogP contribution >= 0.6 is 24.0 Å². The predicted octanol–water partition coefficient (Wildman–Crippen LogP) is 4.40. The van der Waals surface area contributed by atoms with Crippen LogP contribution in [0.15, 0.2) is 35.8 Å². The molecule has 2 rings (SSSR count). The molecule has 0 aliphatic carbocycles. The molecule has 9 heteroatoms. The van der Waals surface area contributed by atoms with Crippen molar-refractivity contribution >= 4 is 29.9 Å². The minimum Gasteiger partial charge on any atom is -0.493 e. The highest BCUT2D eigenvalue weighted by atomic mass is 127. The van der Waals surface area contributed by atoms with Crippen LogP contribution < -0.4 is 20.1 Å². The van der Waals surface area contributed by atoms with E-state index in [-0.39, 0.29) is 36.3 Å². The topological polar surface area (TPSA) is 58.1 Å². The van der Waals surface area contributed by atoms with Crippen LogP contribution in [0.1, 0.15) is 38.7 Å². The number of benzene rings is 1. The van der Waals surface area contributed by atoms with Crippen molar-refractivity contribution in [3.05, 3.63) is 36.4 Å². The molecular formula is C22H35F2IN4O2. The van der Waals surface area contributed by atoms with Gasteiger partial charge < -0.3 is 20.1 Å². The highest BCUT2D eigenvalue weighted by Crippen LogP contribution is 2.27. The third-order valence-electron chi connectivity index (χ3n) is 4.79. The standard InChI is InChI=1S/C22H34F2N4O2.HI/c1-4-11-28-12-9-18(10-13-28)27-22(25-6-3)26-16-17-7-8-19(29-14-5-2)15-20(17)30-21(23)24;/h4,7-8,15,18,21H,1,5-6,9-14,16H2,2-3H3,(H2,25,26,27);1H. The normalized spacial score (nSPS) is 15.3. The molecule has 0 aromatic heterocycles. The van der Waals surface area contributed by atoms with Gasteiger partial charge in [-0.15, -0.1) is 30.6 Å². The number of ether oxygens (including phenoxy) is 2. The van der Waals surface area contributed by atoms with Gasteiger partial charge in [-0.3, -0.25) is 4.90 Å². The minimum atomic E-state index is -2.90. The molecule has 1 aliphatic rings. The second-order valence-electron chi connectivity index (χ2n) is 7.20. The first-order valence-corrected chi connectivity index (χ1v) is 10.6. The quantitative estimate of drug-likeness (QED) is 0.185. The van der Waals surface area contributed by atoms with Crippen LogP contribution in [0.3, 0.4) is 0 Å². The van der Waals surface area contributed by atoms with E-state index in [1.807, 2.05) is 19.9 Å². The number of nitrogens with zero attached hydrogens (tertiary/aromatic N) is 2. The van der Waals surface area contributed by atoms with E-state index in [4.69, 9.17) is 9.47 Å². The lowest BCUT2D eigenvalue weighted by Crippen LogP contribution is -2.48. The SMILES string of the molecule is C=CCN1CCC(NC(=NCc2ccc(OCCC)cc2OC(F)F)NCC)CC1.I. The number of alkyl halides is 2. The van der Waals surface area contributed by atoms with Gasteiger partial charge in [0.15, 0.2) is 5.96 Å². The Kier molecular flexibility index (Phi) is 13.5. The van der Waals surface area contributed by atoms with Crippen molar-refractivity contribution in [2.45, 2.75) is 52.3 Å². The Morgan fingerprint density at radius 1 is 1.32 bits per heavy atom. The van der Waals surface area contributed by atoms with Gasteiger partial charge in [0, 0.05) is 43.9 Å². The van der Waals surface area contributed by atoms with Gasteiger partial charge in [-0.1, -0.05) is 13.0 Å². The fourth-order valence-electron chi connectivity index (χ4n) is 3.30. The third-order valence-corrected chi connectivity index (χ3v) is 4.79. The molecule has 0 spiro atoms. The second kappa shape index (κ2) is 15.2. The van der Waals surface area contributed by atoms with Crippen LogP contribution in [-0.4, -0.2) is 56.3 Å². The smallest absolute Gasteiger partial charge is 0.387 e. The number of hydrogen-bond donors (Lipinski definition) is 2. The van der Waals surface area contributed by atoms with Crippen molar-refractivity contribution in [1.82, 2.24) is 15.5 Å². The predicted molar refractivity (Wildman–Crippen MR) is 132 cm³/mol. The summed E-state index contributed by atoms with van der Waals surface area (Å²) >= 11 is 0. The number of hydrogen-bond acceptors (Lipinski definition) is 4. The Bertz CT molecular complexity index is 683. The number of piperidine rings is 1. The Labute approximate surface area is 201 Å². The lowest BCUT2D eigenvalue weighted by Gasteiger charge is -2.32. The summed E-state index contributed by atoms with van der Waals surface area (Å²) in [6, 6.07) is 5.31. The fraction of sp³-hybridized carbons (Fsp3) is 0.591. The van der Waals surface area contributed by atoms with Crippen molar-refractivity contribution in [2.75, 3.05) is 32.8 Å². The number of guanidine groups is 1. The van der Waals surface area contributed by atoms with Crippen LogP contribution in [0.25, 0.3) is 0 Å². The van der Waals surface area contributed by atoms with Gasteiger partial charge in [0.1, 0.15) is 11.5 Å². The maximum Gasteiger partial charge on any atom is 0.387 e. The summed E-state index contributed by atoms with van der Waals surface area (Å²) in [5.41, 5.74) is 0.581. The molecule has 1 aromatic carbocycles. The van der Waals surface area contributed by atoms with Gasteiger partial charge in [-0.25, -0.2) is 4.99 Å². The van der Waals surface area contributed by atoms with Gasteiger partial charge >= 0.3 is 6.61 Å². The summed E-state index contributed by atoms with van der Waals surface area (Å²) in [6.07, 6.45) is 4.79. The molecule has 31 heavy (non-hydrogen) atoms. The van der Waals surface area contributed by atoms with E-state index >= 15 is 0 Å². The molecule has 2 N–H and O–H groups in total. The van der Waals surface area contributed by atoms with Gasteiger partial charge in [0.25, 0.3) is 0 Å². The Balaban J connectivity index is 0.00000480. The Morgan fingerprint density at radius 3 is 2.68 bits per heavy atom. The molecule has 1 aliphatic heterocycles. The molecule has 0 amide bonds.